The van der Waals surface area contributed by atoms with Gasteiger partial charge in [0, 0.05) is 67.9 Å². The molecule has 0 radical (unpaired) electrons. The minimum atomic E-state index is -3.25. The number of sulfone groups is 1. The van der Waals surface area contributed by atoms with Crippen molar-refractivity contribution in [3.05, 3.63) is 54.9 Å². The van der Waals surface area contributed by atoms with Gasteiger partial charge in [0.05, 0.1) is 16.4 Å². The number of pyridine rings is 1. The van der Waals surface area contributed by atoms with Crippen LogP contribution in [-0.4, -0.2) is 88.1 Å². The third-order valence-electron chi connectivity index (χ3n) is 11.1. The molecule has 1 aromatic carbocycles. The maximum absolute atomic E-state index is 13.1. The van der Waals surface area contributed by atoms with E-state index in [1.54, 1.807) is 6.20 Å². The lowest BCUT2D eigenvalue weighted by molar-refractivity contribution is -0.128. The summed E-state index contributed by atoms with van der Waals surface area (Å²) in [5, 5.41) is 15.7. The molecule has 1 amide bonds. The summed E-state index contributed by atoms with van der Waals surface area (Å²) in [4.78, 5) is 33.5. The molecule has 3 fully saturated rings. The van der Waals surface area contributed by atoms with Crippen LogP contribution in [0.15, 0.2) is 49.3 Å². The van der Waals surface area contributed by atoms with Gasteiger partial charge in [0.25, 0.3) is 0 Å². The number of hydrogen-bond acceptors (Lipinski definition) is 10. The van der Waals surface area contributed by atoms with E-state index in [4.69, 9.17) is 9.97 Å². The largest absolute Gasteiger partial charge is 0.390 e. The standard InChI is InChI=1S/C36H49N7O4S/c1-7-33(44)42-18-10-8-9-11-29(42)25-12-13-30(43-23-28(24(43)2)35(3,4)48(6,46)47)27-22-38-32(21-26(25)27)39-31-14-17-37-34(40-31)41-19-15-36(5,45)16-20-41/h7,12-14,17,21-22,24,28-29,45H,1,8-11,15-16,18-20,23H2,2-6H3,(H,37,38,39,40)/t24-,28+,29-/m1/s1. The average molecular weight is 676 g/mol. The van der Waals surface area contributed by atoms with Gasteiger partial charge in [-0.15, -0.1) is 0 Å². The number of aliphatic hydroxyl groups is 1. The molecule has 48 heavy (non-hydrogen) atoms. The maximum Gasteiger partial charge on any atom is 0.246 e. The summed E-state index contributed by atoms with van der Waals surface area (Å²) in [5.74, 6) is 1.75. The molecule has 0 bridgehead atoms. The van der Waals surface area contributed by atoms with Crippen molar-refractivity contribution < 1.29 is 18.3 Å². The number of carbonyl (C=O) groups is 1. The Morgan fingerprint density at radius 3 is 2.52 bits per heavy atom. The molecular formula is C36H49N7O4S. The first-order chi connectivity index (χ1) is 22.7. The Hall–Kier alpha value is -3.77. The number of nitrogens with one attached hydrogen (secondary N) is 1. The predicted molar refractivity (Wildman–Crippen MR) is 191 cm³/mol. The van der Waals surface area contributed by atoms with Crippen LogP contribution in [0, 0.1) is 5.92 Å². The predicted octanol–water partition coefficient (Wildman–Crippen LogP) is 5.40. The number of nitrogens with zero attached hydrogens (tertiary/aromatic N) is 6. The fourth-order valence-corrected chi connectivity index (χ4v) is 8.38. The van der Waals surface area contributed by atoms with E-state index in [0.717, 1.165) is 47.7 Å². The molecular weight excluding hydrogens is 627 g/mol. The minimum Gasteiger partial charge on any atom is -0.390 e. The Balaban J connectivity index is 1.37. The van der Waals surface area contributed by atoms with Crippen LogP contribution in [0.1, 0.15) is 77.8 Å². The molecule has 258 valence electrons. The Labute approximate surface area is 284 Å². The van der Waals surface area contributed by atoms with Crippen LogP contribution in [-0.2, 0) is 14.6 Å². The molecule has 2 N–H and O–H groups in total. The van der Waals surface area contributed by atoms with Crippen LogP contribution < -0.4 is 15.1 Å². The van der Waals surface area contributed by atoms with Crippen LogP contribution in [0.3, 0.4) is 0 Å². The molecule has 6 rings (SSSR count). The van der Waals surface area contributed by atoms with E-state index >= 15 is 0 Å². The zero-order valence-corrected chi connectivity index (χ0v) is 29.6. The van der Waals surface area contributed by atoms with E-state index < -0.39 is 20.2 Å². The van der Waals surface area contributed by atoms with Gasteiger partial charge in [-0.1, -0.05) is 25.5 Å². The molecule has 3 aromatic rings. The van der Waals surface area contributed by atoms with Crippen LogP contribution in [0.2, 0.25) is 0 Å². The summed E-state index contributed by atoms with van der Waals surface area (Å²) in [6.45, 7) is 14.0. The van der Waals surface area contributed by atoms with Gasteiger partial charge in [0.1, 0.15) is 11.6 Å². The highest BCUT2D eigenvalue weighted by Gasteiger charge is 2.50. The lowest BCUT2D eigenvalue weighted by atomic mass is 9.79. The summed E-state index contributed by atoms with van der Waals surface area (Å²) in [6.07, 6.45) is 11.5. The van der Waals surface area contributed by atoms with Gasteiger partial charge < -0.3 is 25.1 Å². The van der Waals surface area contributed by atoms with Gasteiger partial charge in [-0.05, 0) is 88.6 Å². The van der Waals surface area contributed by atoms with Crippen molar-refractivity contribution in [2.24, 2.45) is 5.92 Å². The summed E-state index contributed by atoms with van der Waals surface area (Å²) >= 11 is 0. The normalized spacial score (nSPS) is 23.4. The Morgan fingerprint density at radius 2 is 1.83 bits per heavy atom. The SMILES string of the molecule is C=CC(=O)N1CCCCC[C@@H]1c1ccc(N2C[C@H](C(C)(C)S(C)(=O)=O)[C@H]2C)c2cnc(Nc3ccnc(N4CCC(C)(O)CC4)n3)cc12. The monoisotopic (exact) mass is 675 g/mol. The van der Waals surface area contributed by atoms with Crippen molar-refractivity contribution in [3.63, 3.8) is 0 Å². The molecule has 0 unspecified atom stereocenters. The lowest BCUT2D eigenvalue weighted by Crippen LogP contribution is -2.64. The molecule has 0 aliphatic carbocycles. The number of piperidine rings is 1. The first-order valence-corrected chi connectivity index (χ1v) is 19.0. The molecule has 0 spiro atoms. The third kappa shape index (κ3) is 6.48. The Bertz CT molecular complexity index is 1800. The van der Waals surface area contributed by atoms with Gasteiger partial charge in [-0.2, -0.15) is 4.98 Å². The Kier molecular flexibility index (Phi) is 9.18. The number of benzene rings is 1. The quantitative estimate of drug-likeness (QED) is 0.299. The first-order valence-electron chi connectivity index (χ1n) is 17.1. The molecule has 5 heterocycles. The fourth-order valence-electron chi connectivity index (χ4n) is 7.56. The zero-order valence-electron chi connectivity index (χ0n) is 28.8. The first kappa shape index (κ1) is 34.1. The summed E-state index contributed by atoms with van der Waals surface area (Å²) < 4.78 is 24.5. The number of fused-ring (bicyclic) bond motifs is 1. The van der Waals surface area contributed by atoms with Crippen LogP contribution in [0.5, 0.6) is 0 Å². The highest BCUT2D eigenvalue weighted by Crippen LogP contribution is 2.45. The van der Waals surface area contributed by atoms with Gasteiger partial charge in [-0.25, -0.2) is 18.4 Å². The fraction of sp³-hybridized carbons (Fsp3) is 0.556. The number of likely N-dealkylation sites (tertiary alicyclic amines) is 1. The lowest BCUT2D eigenvalue weighted by Gasteiger charge is -2.54. The topological polar surface area (TPSA) is 132 Å². The van der Waals surface area contributed by atoms with Gasteiger partial charge in [0.2, 0.25) is 11.9 Å². The van der Waals surface area contributed by atoms with Gasteiger partial charge in [0.15, 0.2) is 9.84 Å². The van der Waals surface area contributed by atoms with E-state index in [9.17, 15) is 18.3 Å². The number of hydrogen-bond donors (Lipinski definition) is 2. The summed E-state index contributed by atoms with van der Waals surface area (Å²) in [6, 6.07) is 8.00. The molecule has 3 atom stereocenters. The maximum atomic E-state index is 13.1. The van der Waals surface area contributed by atoms with E-state index in [-0.39, 0.29) is 23.9 Å². The number of rotatable bonds is 8. The number of carbonyl (C=O) groups excluding carboxylic acids is 1. The van der Waals surface area contributed by atoms with Crippen molar-refractivity contribution >= 4 is 49.8 Å². The van der Waals surface area contributed by atoms with E-state index in [0.29, 0.717) is 56.6 Å². The second-order valence-electron chi connectivity index (χ2n) is 14.6. The van der Waals surface area contributed by atoms with Crippen molar-refractivity contribution in [2.75, 3.05) is 47.6 Å². The summed E-state index contributed by atoms with van der Waals surface area (Å²) in [5.41, 5.74) is 1.39. The van der Waals surface area contributed by atoms with E-state index in [1.165, 1.54) is 12.3 Å². The second-order valence-corrected chi connectivity index (χ2v) is 17.2. The minimum absolute atomic E-state index is 0.0104. The van der Waals surface area contributed by atoms with Crippen molar-refractivity contribution in [1.82, 2.24) is 19.9 Å². The second kappa shape index (κ2) is 12.9. The molecule has 3 aliphatic rings. The van der Waals surface area contributed by atoms with Crippen LogP contribution in [0.25, 0.3) is 10.8 Å². The Morgan fingerprint density at radius 1 is 1.08 bits per heavy atom. The van der Waals surface area contributed by atoms with Gasteiger partial charge >= 0.3 is 0 Å². The van der Waals surface area contributed by atoms with E-state index in [2.05, 4.69) is 45.7 Å². The molecule has 12 heteroatoms. The van der Waals surface area contributed by atoms with Crippen molar-refractivity contribution in [3.8, 4) is 0 Å². The number of anilines is 4. The molecule has 2 aromatic heterocycles. The smallest absolute Gasteiger partial charge is 0.246 e. The van der Waals surface area contributed by atoms with Gasteiger partial charge in [-0.3, -0.25) is 4.79 Å². The summed E-state index contributed by atoms with van der Waals surface area (Å²) in [7, 11) is -3.25. The number of aromatic nitrogens is 3. The zero-order chi connectivity index (χ0) is 34.4. The number of amides is 1. The molecule has 3 saturated heterocycles. The highest BCUT2D eigenvalue weighted by molar-refractivity contribution is 7.92. The molecule has 0 saturated carbocycles. The van der Waals surface area contributed by atoms with E-state index in [1.807, 2.05) is 44.0 Å². The molecule has 11 nitrogen and oxygen atoms in total. The highest BCUT2D eigenvalue weighted by atomic mass is 32.2. The van der Waals surface area contributed by atoms with Crippen LogP contribution in [0.4, 0.5) is 23.3 Å². The third-order valence-corrected chi connectivity index (χ3v) is 13.3. The van der Waals surface area contributed by atoms with Crippen molar-refractivity contribution in [1.29, 1.82) is 0 Å². The molecule has 3 aliphatic heterocycles. The van der Waals surface area contributed by atoms with Crippen LogP contribution >= 0.6 is 0 Å². The van der Waals surface area contributed by atoms with Crippen molar-refractivity contribution in [2.45, 2.75) is 88.7 Å². The average Bonchev–Trinajstić information content (AvgIpc) is 3.29.